The van der Waals surface area contributed by atoms with Crippen LogP contribution in [0.3, 0.4) is 0 Å². The largest absolute Gasteiger partial charge is 0.486 e. The maximum atomic E-state index is 14.1. The molecule has 0 amide bonds. The van der Waals surface area contributed by atoms with Crippen molar-refractivity contribution in [3.63, 3.8) is 0 Å². The van der Waals surface area contributed by atoms with Gasteiger partial charge in [0.2, 0.25) is 0 Å². The number of nitrogens with zero attached hydrogens (tertiary/aromatic N) is 4. The zero-order valence-corrected chi connectivity index (χ0v) is 22.2. The van der Waals surface area contributed by atoms with Crippen LogP contribution >= 0.6 is 0 Å². The van der Waals surface area contributed by atoms with Crippen LogP contribution in [0.5, 0.6) is 5.75 Å². The number of rotatable bonds is 4. The molecule has 1 saturated carbocycles. The van der Waals surface area contributed by atoms with Crippen molar-refractivity contribution in [3.05, 3.63) is 58.3 Å². The topological polar surface area (TPSA) is 70.7 Å². The predicted octanol–water partition coefficient (Wildman–Crippen LogP) is 4.59. The number of fused-ring (bicyclic) bond motifs is 4. The van der Waals surface area contributed by atoms with Gasteiger partial charge < -0.3 is 18.9 Å². The molecule has 196 valence electrons. The summed E-state index contributed by atoms with van der Waals surface area (Å²) in [6.45, 7) is 7.55. The molecular weight excluding hydrogens is 476 g/mol. The molecular formula is C31H34N4O3. The number of carbonyl (C=O) groups excluding carboxylic acids is 1. The summed E-state index contributed by atoms with van der Waals surface area (Å²) in [5.41, 5.74) is 6.18. The van der Waals surface area contributed by atoms with E-state index in [0.29, 0.717) is 18.8 Å². The van der Waals surface area contributed by atoms with E-state index in [-0.39, 0.29) is 17.8 Å². The minimum atomic E-state index is 0.0108. The van der Waals surface area contributed by atoms with Gasteiger partial charge in [-0.2, -0.15) is 5.26 Å². The summed E-state index contributed by atoms with van der Waals surface area (Å²) in [6, 6.07) is 12.8. The first-order valence-corrected chi connectivity index (χ1v) is 14.0. The Balaban J connectivity index is 1.30. The minimum absolute atomic E-state index is 0.0108. The lowest BCUT2D eigenvalue weighted by atomic mass is 9.80. The first-order valence-electron chi connectivity index (χ1n) is 14.0. The van der Waals surface area contributed by atoms with Crippen LogP contribution in [-0.4, -0.2) is 66.8 Å². The first-order chi connectivity index (χ1) is 18.5. The predicted molar refractivity (Wildman–Crippen MR) is 146 cm³/mol. The van der Waals surface area contributed by atoms with Crippen molar-refractivity contribution in [2.75, 3.05) is 44.3 Å². The fraction of sp³-hybridized carbons (Fsp3) is 0.484. The van der Waals surface area contributed by atoms with Crippen molar-refractivity contribution < 1.29 is 14.3 Å². The quantitative estimate of drug-likeness (QED) is 0.511. The monoisotopic (exact) mass is 510 g/mol. The summed E-state index contributed by atoms with van der Waals surface area (Å²) in [6.07, 6.45) is 4.90. The molecule has 3 heterocycles. The minimum Gasteiger partial charge on any atom is -0.486 e. The number of ether oxygens (including phenoxy) is 2. The molecule has 2 saturated heterocycles. The van der Waals surface area contributed by atoms with E-state index in [1.165, 1.54) is 19.3 Å². The highest BCUT2D eigenvalue weighted by Crippen LogP contribution is 2.45. The Morgan fingerprint density at radius 1 is 1.08 bits per heavy atom. The number of aromatic nitrogens is 1. The fourth-order valence-corrected chi connectivity index (χ4v) is 6.90. The average Bonchev–Trinajstić information content (AvgIpc) is 3.52. The van der Waals surface area contributed by atoms with Gasteiger partial charge in [-0.3, -0.25) is 9.69 Å². The number of aryl methyl sites for hydroxylation is 1. The smallest absolute Gasteiger partial charge is 0.195 e. The van der Waals surface area contributed by atoms with Gasteiger partial charge in [-0.05, 0) is 42.7 Å². The van der Waals surface area contributed by atoms with Crippen LogP contribution in [-0.2, 0) is 11.8 Å². The summed E-state index contributed by atoms with van der Waals surface area (Å²) in [7, 11) is 2.01. The van der Waals surface area contributed by atoms with E-state index in [2.05, 4.69) is 33.4 Å². The number of hydrogen-bond donors (Lipinski definition) is 0. The van der Waals surface area contributed by atoms with E-state index in [0.717, 1.165) is 83.4 Å². The highest BCUT2D eigenvalue weighted by Gasteiger charge is 2.36. The summed E-state index contributed by atoms with van der Waals surface area (Å²) >= 11 is 0. The number of anilines is 1. The van der Waals surface area contributed by atoms with Crippen LogP contribution in [0.15, 0.2) is 30.3 Å². The summed E-state index contributed by atoms with van der Waals surface area (Å²) in [4.78, 5) is 19.2. The molecule has 7 nitrogen and oxygen atoms in total. The van der Waals surface area contributed by atoms with Crippen LogP contribution in [0.25, 0.3) is 10.9 Å². The van der Waals surface area contributed by atoms with Gasteiger partial charge in [0.25, 0.3) is 0 Å². The molecule has 0 radical (unpaired) electrons. The van der Waals surface area contributed by atoms with Gasteiger partial charge in [0.1, 0.15) is 11.9 Å². The number of hydrogen-bond acceptors (Lipinski definition) is 6. The normalized spacial score (nSPS) is 23.7. The van der Waals surface area contributed by atoms with Gasteiger partial charge in [-0.1, -0.05) is 19.4 Å². The molecule has 4 aliphatic rings. The molecule has 2 atom stereocenters. The van der Waals surface area contributed by atoms with Crippen molar-refractivity contribution in [1.82, 2.24) is 9.47 Å². The maximum absolute atomic E-state index is 14.1. The third-order valence-electron chi connectivity index (χ3n) is 9.28. The van der Waals surface area contributed by atoms with Crippen molar-refractivity contribution in [3.8, 4) is 11.8 Å². The molecule has 7 heteroatoms. The lowest BCUT2D eigenvalue weighted by molar-refractivity contribution is 0.103. The molecule has 2 aliphatic carbocycles. The second kappa shape index (κ2) is 9.14. The molecule has 0 N–H and O–H groups in total. The highest BCUT2D eigenvalue weighted by atomic mass is 16.5. The van der Waals surface area contributed by atoms with E-state index in [1.807, 2.05) is 25.2 Å². The molecule has 0 bridgehead atoms. The van der Waals surface area contributed by atoms with Gasteiger partial charge in [-0.25, -0.2) is 0 Å². The second-order valence-corrected chi connectivity index (χ2v) is 11.3. The molecule has 2 aliphatic heterocycles. The van der Waals surface area contributed by atoms with Gasteiger partial charge in [0.15, 0.2) is 5.78 Å². The standard InChI is InChI=1S/C31H34N4O3/c1-19-24-15-27(35-11-9-34(10-12-35)21-4-3-5-21)28(38-22-8-13-37-18-22)16-25(24)31(36)29-23-7-6-20(17-32)14-26(23)33(2)30(19)29/h6-7,14-16,19,21-22H,3-5,8-13,18H2,1-2H3. The molecule has 2 unspecified atom stereocenters. The molecule has 0 spiro atoms. The number of piperazine rings is 1. The second-order valence-electron chi connectivity index (χ2n) is 11.3. The Kier molecular flexibility index (Phi) is 5.72. The third-order valence-corrected chi connectivity index (χ3v) is 9.28. The fourth-order valence-electron chi connectivity index (χ4n) is 6.90. The lowest BCUT2D eigenvalue weighted by Gasteiger charge is -2.44. The van der Waals surface area contributed by atoms with E-state index in [1.54, 1.807) is 6.07 Å². The van der Waals surface area contributed by atoms with Crippen LogP contribution in [0, 0.1) is 11.3 Å². The van der Waals surface area contributed by atoms with E-state index in [9.17, 15) is 10.1 Å². The maximum Gasteiger partial charge on any atom is 0.195 e. The van der Waals surface area contributed by atoms with Gasteiger partial charge in [0.05, 0.1) is 41.6 Å². The number of nitriles is 1. The molecule has 1 aromatic heterocycles. The average molecular weight is 511 g/mol. The summed E-state index contributed by atoms with van der Waals surface area (Å²) < 4.78 is 14.3. The number of ketones is 1. The Labute approximate surface area is 223 Å². The molecule has 3 aromatic rings. The van der Waals surface area contributed by atoms with Crippen molar-refractivity contribution in [2.24, 2.45) is 7.05 Å². The Hall–Kier alpha value is -3.34. The zero-order valence-electron chi connectivity index (χ0n) is 22.2. The van der Waals surface area contributed by atoms with Gasteiger partial charge in [-0.15, -0.1) is 0 Å². The van der Waals surface area contributed by atoms with Crippen molar-refractivity contribution in [1.29, 1.82) is 5.26 Å². The summed E-state index contributed by atoms with van der Waals surface area (Å²) in [5, 5.41) is 10.4. The number of benzene rings is 2. The highest BCUT2D eigenvalue weighted by molar-refractivity contribution is 6.20. The SMILES string of the molecule is CC1c2cc(N3CCN(C4CCC4)CC3)c(OC3CCOC3)cc2C(=O)c2c1n(C)c1cc(C#N)ccc21. The molecule has 3 fully saturated rings. The summed E-state index contributed by atoms with van der Waals surface area (Å²) in [5.74, 6) is 0.879. The van der Waals surface area contributed by atoms with Crippen LogP contribution in [0.1, 0.15) is 71.3 Å². The molecule has 7 rings (SSSR count). The molecule has 38 heavy (non-hydrogen) atoms. The van der Waals surface area contributed by atoms with Crippen LogP contribution < -0.4 is 9.64 Å². The Morgan fingerprint density at radius 3 is 2.58 bits per heavy atom. The Bertz CT molecular complexity index is 1470. The van der Waals surface area contributed by atoms with E-state index in [4.69, 9.17) is 9.47 Å². The van der Waals surface area contributed by atoms with E-state index >= 15 is 0 Å². The van der Waals surface area contributed by atoms with Gasteiger partial charge >= 0.3 is 0 Å². The first kappa shape index (κ1) is 23.8. The zero-order chi connectivity index (χ0) is 26.0. The van der Waals surface area contributed by atoms with Gasteiger partial charge in [0, 0.05) is 68.3 Å². The number of carbonyl (C=O) groups is 1. The van der Waals surface area contributed by atoms with Crippen LogP contribution in [0.4, 0.5) is 5.69 Å². The Morgan fingerprint density at radius 2 is 1.89 bits per heavy atom. The molecule has 2 aromatic carbocycles. The van der Waals surface area contributed by atoms with Crippen LogP contribution in [0.2, 0.25) is 0 Å². The van der Waals surface area contributed by atoms with E-state index < -0.39 is 0 Å². The van der Waals surface area contributed by atoms with Crippen molar-refractivity contribution in [2.45, 2.75) is 50.7 Å². The van der Waals surface area contributed by atoms with Crippen molar-refractivity contribution >= 4 is 22.4 Å². The third kappa shape index (κ3) is 3.65. The lowest BCUT2D eigenvalue weighted by Crippen LogP contribution is -2.52.